The summed E-state index contributed by atoms with van der Waals surface area (Å²) in [6.45, 7) is -0.474. The Bertz CT molecular complexity index is 665. The number of hydrogen-bond acceptors (Lipinski definition) is 3. The monoisotopic (exact) mass is 297 g/mol. The van der Waals surface area contributed by atoms with Crippen molar-refractivity contribution in [2.24, 2.45) is 0 Å². The highest BCUT2D eigenvalue weighted by Crippen LogP contribution is 2.25. The van der Waals surface area contributed by atoms with Gasteiger partial charge in [-0.1, -0.05) is 36.4 Å². The first kappa shape index (κ1) is 15.3. The van der Waals surface area contributed by atoms with E-state index >= 15 is 0 Å². The lowest BCUT2D eigenvalue weighted by Crippen LogP contribution is -2.34. The van der Waals surface area contributed by atoms with Gasteiger partial charge in [0.05, 0.1) is 0 Å². The van der Waals surface area contributed by atoms with E-state index in [1.807, 2.05) is 5.92 Å². The molecule has 0 radical (unpaired) electrons. The molecule has 22 heavy (non-hydrogen) atoms. The van der Waals surface area contributed by atoms with Crippen LogP contribution in [0, 0.1) is 12.1 Å². The molecule has 0 atom stereocenters. The minimum Gasteiger partial charge on any atom is -0.445 e. The van der Waals surface area contributed by atoms with Crippen molar-refractivity contribution in [2.45, 2.75) is 0 Å². The third-order valence-corrected chi connectivity index (χ3v) is 2.75. The molecule has 0 aliphatic heterocycles. The summed E-state index contributed by atoms with van der Waals surface area (Å²) in [5, 5.41) is 0. The van der Waals surface area contributed by atoms with Crippen molar-refractivity contribution in [3.8, 4) is 12.1 Å². The predicted octanol–water partition coefficient (Wildman–Crippen LogP) is 2.82. The van der Waals surface area contributed by atoms with Gasteiger partial charge < -0.3 is 4.74 Å². The van der Waals surface area contributed by atoms with Crippen molar-refractivity contribution in [3.63, 3.8) is 0 Å². The van der Waals surface area contributed by atoms with Gasteiger partial charge in [-0.15, -0.1) is 4.39 Å². The molecule has 0 heterocycles. The fourth-order valence-corrected chi connectivity index (χ4v) is 1.82. The van der Waals surface area contributed by atoms with E-state index < -0.39 is 18.5 Å². The number of carbonyl (C=O) groups is 2. The number of esters is 1. The quantitative estimate of drug-likeness (QED) is 0.497. The predicted molar refractivity (Wildman–Crippen MR) is 79.9 cm³/mol. The molecule has 110 valence electrons. The van der Waals surface area contributed by atoms with E-state index in [-0.39, 0.29) is 0 Å². The van der Waals surface area contributed by atoms with E-state index in [0.29, 0.717) is 11.4 Å². The molecule has 0 unspecified atom stereocenters. The SMILES string of the molecule is O=C(OCC#CF)C(=O)N(c1ccccc1)c1ccccc1. The summed E-state index contributed by atoms with van der Waals surface area (Å²) in [6.07, 6.45) is 1.10. The van der Waals surface area contributed by atoms with Gasteiger partial charge in [0.15, 0.2) is 6.61 Å². The van der Waals surface area contributed by atoms with Crippen molar-refractivity contribution in [1.82, 2.24) is 0 Å². The number of halogens is 1. The molecule has 0 N–H and O–H groups in total. The molecule has 0 saturated carbocycles. The number of hydrogen-bond donors (Lipinski definition) is 0. The number of carbonyl (C=O) groups excluding carboxylic acids is 2. The Morgan fingerprint density at radius 2 is 1.45 bits per heavy atom. The van der Waals surface area contributed by atoms with Crippen LogP contribution in [0.25, 0.3) is 0 Å². The summed E-state index contributed by atoms with van der Waals surface area (Å²) < 4.78 is 16.3. The number of para-hydroxylation sites is 2. The second-order valence-electron chi connectivity index (χ2n) is 4.16. The van der Waals surface area contributed by atoms with E-state index in [0.717, 1.165) is 6.17 Å². The molecule has 5 heteroatoms. The topological polar surface area (TPSA) is 46.6 Å². The number of anilines is 2. The van der Waals surface area contributed by atoms with Crippen molar-refractivity contribution < 1.29 is 18.7 Å². The van der Waals surface area contributed by atoms with Crippen LogP contribution in [0.4, 0.5) is 15.8 Å². The highest BCUT2D eigenvalue weighted by molar-refractivity contribution is 6.39. The van der Waals surface area contributed by atoms with E-state index in [4.69, 9.17) is 0 Å². The number of nitrogens with zero attached hydrogens (tertiary/aromatic N) is 1. The number of rotatable bonds is 3. The Balaban J connectivity index is 2.30. The van der Waals surface area contributed by atoms with Crippen molar-refractivity contribution in [3.05, 3.63) is 60.7 Å². The van der Waals surface area contributed by atoms with Gasteiger partial charge >= 0.3 is 11.9 Å². The van der Waals surface area contributed by atoms with Crippen LogP contribution in [0.3, 0.4) is 0 Å². The highest BCUT2D eigenvalue weighted by atomic mass is 19.1. The molecule has 2 aromatic carbocycles. The normalized spacial score (nSPS) is 9.32. The van der Waals surface area contributed by atoms with Gasteiger partial charge in [-0.3, -0.25) is 9.69 Å². The third-order valence-electron chi connectivity index (χ3n) is 2.75. The van der Waals surface area contributed by atoms with E-state index in [1.54, 1.807) is 60.7 Å². The lowest BCUT2D eigenvalue weighted by molar-refractivity contribution is -0.152. The maximum atomic E-state index is 12.3. The van der Waals surface area contributed by atoms with Crippen LogP contribution in [0.5, 0.6) is 0 Å². The Labute approximate surface area is 127 Å². The van der Waals surface area contributed by atoms with Crippen molar-refractivity contribution in [1.29, 1.82) is 0 Å². The number of amides is 1. The molecule has 2 rings (SSSR count). The molecule has 0 aromatic heterocycles. The molecule has 0 aliphatic rings. The molecule has 4 nitrogen and oxygen atoms in total. The maximum Gasteiger partial charge on any atom is 0.398 e. The highest BCUT2D eigenvalue weighted by Gasteiger charge is 2.26. The van der Waals surface area contributed by atoms with Crippen molar-refractivity contribution >= 4 is 23.3 Å². The van der Waals surface area contributed by atoms with Crippen LogP contribution in [-0.2, 0) is 14.3 Å². The summed E-state index contributed by atoms with van der Waals surface area (Å²) in [7, 11) is 0. The minimum absolute atomic E-state index is 0.474. The van der Waals surface area contributed by atoms with Crippen molar-refractivity contribution in [2.75, 3.05) is 11.5 Å². The standard InChI is InChI=1S/C17H12FNO3/c18-12-7-13-22-17(21)16(20)19(14-8-3-1-4-9-14)15-10-5-2-6-11-15/h1-6,8-11H,13H2. The molecule has 0 aliphatic carbocycles. The molecular formula is C17H12FNO3. The average Bonchev–Trinajstić information content (AvgIpc) is 2.57. The molecular weight excluding hydrogens is 285 g/mol. The lowest BCUT2D eigenvalue weighted by Gasteiger charge is -2.21. The zero-order valence-corrected chi connectivity index (χ0v) is 11.5. The minimum atomic E-state index is -1.10. The Hall–Kier alpha value is -3.13. The summed E-state index contributed by atoms with van der Waals surface area (Å²) in [6, 6.07) is 17.4. The number of ether oxygens (including phenoxy) is 1. The molecule has 0 spiro atoms. The first-order chi connectivity index (χ1) is 10.7. The number of benzene rings is 2. The second kappa shape index (κ2) is 7.60. The summed E-state index contributed by atoms with van der Waals surface area (Å²) in [4.78, 5) is 25.4. The smallest absolute Gasteiger partial charge is 0.398 e. The molecule has 0 saturated heterocycles. The lowest BCUT2D eigenvalue weighted by atomic mass is 10.2. The first-order valence-corrected chi connectivity index (χ1v) is 6.44. The summed E-state index contributed by atoms with van der Waals surface area (Å²) in [5.41, 5.74) is 1.04. The van der Waals surface area contributed by atoms with E-state index in [2.05, 4.69) is 4.74 Å². The van der Waals surface area contributed by atoms with Crippen LogP contribution in [0.2, 0.25) is 0 Å². The molecule has 1 amide bonds. The van der Waals surface area contributed by atoms with Crippen LogP contribution in [-0.4, -0.2) is 18.5 Å². The zero-order valence-electron chi connectivity index (χ0n) is 11.5. The third kappa shape index (κ3) is 3.70. The van der Waals surface area contributed by atoms with Gasteiger partial charge in [0.1, 0.15) is 6.17 Å². The van der Waals surface area contributed by atoms with Gasteiger partial charge in [-0.25, -0.2) is 4.79 Å². The fourth-order valence-electron chi connectivity index (χ4n) is 1.82. The Morgan fingerprint density at radius 3 is 1.91 bits per heavy atom. The van der Waals surface area contributed by atoms with Crippen LogP contribution >= 0.6 is 0 Å². The van der Waals surface area contributed by atoms with Crippen LogP contribution in [0.15, 0.2) is 60.7 Å². The van der Waals surface area contributed by atoms with Gasteiger partial charge in [-0.2, -0.15) is 0 Å². The molecule has 0 fully saturated rings. The second-order valence-corrected chi connectivity index (χ2v) is 4.16. The summed E-state index contributed by atoms with van der Waals surface area (Å²) >= 11 is 0. The first-order valence-electron chi connectivity index (χ1n) is 6.44. The Morgan fingerprint density at radius 1 is 0.955 bits per heavy atom. The molecule has 2 aromatic rings. The maximum absolute atomic E-state index is 12.3. The van der Waals surface area contributed by atoms with Crippen LogP contribution < -0.4 is 4.90 Å². The molecule has 0 bridgehead atoms. The van der Waals surface area contributed by atoms with Gasteiger partial charge in [0, 0.05) is 11.4 Å². The van der Waals surface area contributed by atoms with Crippen LogP contribution in [0.1, 0.15) is 0 Å². The Kier molecular flexibility index (Phi) is 5.27. The zero-order chi connectivity index (χ0) is 15.8. The van der Waals surface area contributed by atoms with E-state index in [1.165, 1.54) is 4.90 Å². The van der Waals surface area contributed by atoms with Gasteiger partial charge in [0.25, 0.3) is 0 Å². The fraction of sp³-hybridized carbons (Fsp3) is 0.0588. The van der Waals surface area contributed by atoms with E-state index in [9.17, 15) is 14.0 Å². The van der Waals surface area contributed by atoms with Gasteiger partial charge in [-0.05, 0) is 30.2 Å². The van der Waals surface area contributed by atoms with Gasteiger partial charge in [0.2, 0.25) is 0 Å². The largest absolute Gasteiger partial charge is 0.445 e. The summed E-state index contributed by atoms with van der Waals surface area (Å²) in [5.74, 6) is -0.0562. The average molecular weight is 297 g/mol.